The van der Waals surface area contributed by atoms with Crippen molar-refractivity contribution in [1.29, 1.82) is 0 Å². The zero-order valence-electron chi connectivity index (χ0n) is 7.06. The average molecular weight is 224 g/mol. The maximum atomic E-state index is 10.4. The molecule has 0 spiro atoms. The lowest BCUT2D eigenvalue weighted by Crippen LogP contribution is -2.27. The Balaban J connectivity index is 3.69. The van der Waals surface area contributed by atoms with E-state index in [0.717, 1.165) is 0 Å². The topological polar surface area (TPSA) is 52.3 Å². The summed E-state index contributed by atoms with van der Waals surface area (Å²) in [7, 11) is 0. The fourth-order valence-electron chi connectivity index (χ4n) is 0.583. The molecular weight excluding hydrogens is 210 g/mol. The van der Waals surface area contributed by atoms with Crippen molar-refractivity contribution in [3.63, 3.8) is 0 Å². The zero-order chi connectivity index (χ0) is 9.07. The second kappa shape index (κ2) is 4.07. The van der Waals surface area contributed by atoms with Crippen LogP contribution in [0.4, 0.5) is 0 Å². The van der Waals surface area contributed by atoms with E-state index in [1.165, 1.54) is 0 Å². The lowest BCUT2D eigenvalue weighted by molar-refractivity contribution is -0.120. The van der Waals surface area contributed by atoms with Crippen molar-refractivity contribution in [3.8, 4) is 0 Å². The van der Waals surface area contributed by atoms with Crippen LogP contribution in [0.15, 0.2) is 0 Å². The van der Waals surface area contributed by atoms with Crippen molar-refractivity contribution < 1.29 is 9.53 Å². The van der Waals surface area contributed by atoms with E-state index in [1.807, 2.05) is 20.8 Å². The number of halogens is 1. The monoisotopic (exact) mass is 223 g/mol. The number of hydrogen-bond acceptors (Lipinski definition) is 2. The Hall–Kier alpha value is -0.0900. The summed E-state index contributed by atoms with van der Waals surface area (Å²) in [6.07, 6.45) is 0.206. The van der Waals surface area contributed by atoms with Crippen LogP contribution in [-0.2, 0) is 9.53 Å². The maximum absolute atomic E-state index is 10.4. The number of rotatable bonds is 3. The molecule has 2 N–H and O–H groups in total. The molecule has 3 nitrogen and oxygen atoms in total. The first-order chi connectivity index (χ1) is 4.81. The van der Waals surface area contributed by atoms with Gasteiger partial charge in [-0.2, -0.15) is 0 Å². The van der Waals surface area contributed by atoms with Crippen LogP contribution >= 0.6 is 15.9 Å². The Morgan fingerprint density at radius 2 is 2.09 bits per heavy atom. The fraction of sp³-hybridized carbons (Fsp3) is 0.857. The summed E-state index contributed by atoms with van der Waals surface area (Å²) in [4.78, 5) is 10.4. The molecule has 0 fully saturated rings. The molecule has 0 aromatic rings. The standard InChI is InChI=1S/C7H14BrNO2/c1-7(2,3)11-5(8)4-6(9)10/h5H,4H2,1-3H3,(H2,9,10). The number of nitrogens with two attached hydrogens (primary N) is 1. The molecule has 0 heterocycles. The van der Waals surface area contributed by atoms with Crippen molar-refractivity contribution in [1.82, 2.24) is 0 Å². The first kappa shape index (κ1) is 10.9. The third-order valence-electron chi connectivity index (χ3n) is 0.843. The largest absolute Gasteiger partial charge is 0.370 e. The summed E-state index contributed by atoms with van der Waals surface area (Å²) in [5.41, 5.74) is 4.72. The second-order valence-corrected chi connectivity index (χ2v) is 4.33. The third-order valence-corrected chi connectivity index (χ3v) is 1.35. The van der Waals surface area contributed by atoms with E-state index in [2.05, 4.69) is 15.9 Å². The highest BCUT2D eigenvalue weighted by molar-refractivity contribution is 9.09. The van der Waals surface area contributed by atoms with Gasteiger partial charge in [-0.3, -0.25) is 4.79 Å². The van der Waals surface area contributed by atoms with Gasteiger partial charge in [-0.1, -0.05) is 15.9 Å². The molecule has 0 aliphatic carbocycles. The molecule has 1 atom stereocenters. The minimum absolute atomic E-state index is 0.206. The number of amides is 1. The van der Waals surface area contributed by atoms with E-state index in [0.29, 0.717) is 0 Å². The van der Waals surface area contributed by atoms with Crippen molar-refractivity contribution in [2.45, 2.75) is 37.8 Å². The van der Waals surface area contributed by atoms with Gasteiger partial charge in [-0.05, 0) is 20.8 Å². The molecule has 0 bridgehead atoms. The fourth-order valence-corrected chi connectivity index (χ4v) is 1.46. The number of carbonyl (C=O) groups is 1. The van der Waals surface area contributed by atoms with E-state index in [4.69, 9.17) is 10.5 Å². The van der Waals surface area contributed by atoms with Gasteiger partial charge in [0.25, 0.3) is 0 Å². The molecule has 66 valence electrons. The van der Waals surface area contributed by atoms with Crippen LogP contribution in [0.1, 0.15) is 27.2 Å². The average Bonchev–Trinajstić information content (AvgIpc) is 1.53. The summed E-state index contributed by atoms with van der Waals surface area (Å²) in [5, 5.41) is -0.278. The first-order valence-corrected chi connectivity index (χ1v) is 4.33. The normalized spacial score (nSPS) is 14.5. The molecule has 0 saturated heterocycles. The molecule has 0 rings (SSSR count). The molecule has 0 aromatic heterocycles. The Labute approximate surface area is 75.4 Å². The summed E-state index contributed by atoms with van der Waals surface area (Å²) in [6.45, 7) is 5.76. The van der Waals surface area contributed by atoms with Gasteiger partial charge in [-0.15, -0.1) is 0 Å². The SMILES string of the molecule is CC(C)(C)OC(Br)CC(N)=O. The Kier molecular flexibility index (Phi) is 4.03. The van der Waals surface area contributed by atoms with Gasteiger partial charge in [0.2, 0.25) is 5.91 Å². The van der Waals surface area contributed by atoms with Gasteiger partial charge in [-0.25, -0.2) is 0 Å². The maximum Gasteiger partial charge on any atom is 0.220 e. The molecule has 0 radical (unpaired) electrons. The van der Waals surface area contributed by atoms with Gasteiger partial charge in [0.1, 0.15) is 5.01 Å². The van der Waals surface area contributed by atoms with Crippen molar-refractivity contribution in [3.05, 3.63) is 0 Å². The van der Waals surface area contributed by atoms with Crippen LogP contribution in [0.2, 0.25) is 0 Å². The van der Waals surface area contributed by atoms with Gasteiger partial charge >= 0.3 is 0 Å². The molecule has 4 heteroatoms. The predicted octanol–water partition coefficient (Wildman–Crippen LogP) is 1.40. The van der Waals surface area contributed by atoms with Crippen molar-refractivity contribution in [2.24, 2.45) is 5.73 Å². The molecule has 1 amide bonds. The summed E-state index contributed by atoms with van der Waals surface area (Å²) in [5.74, 6) is -0.365. The smallest absolute Gasteiger partial charge is 0.220 e. The molecule has 0 aliphatic rings. The molecule has 0 aromatic carbocycles. The number of alkyl halides is 1. The molecule has 0 saturated carbocycles. The van der Waals surface area contributed by atoms with Crippen LogP contribution in [0.25, 0.3) is 0 Å². The predicted molar refractivity (Wildman–Crippen MR) is 47.4 cm³/mol. The van der Waals surface area contributed by atoms with Gasteiger partial charge in [0.15, 0.2) is 0 Å². The van der Waals surface area contributed by atoms with E-state index in [9.17, 15) is 4.79 Å². The Bertz CT molecular complexity index is 142. The van der Waals surface area contributed by atoms with Crippen LogP contribution in [0.5, 0.6) is 0 Å². The van der Waals surface area contributed by atoms with E-state index in [1.54, 1.807) is 0 Å². The van der Waals surface area contributed by atoms with Gasteiger partial charge in [0, 0.05) is 0 Å². The number of ether oxygens (including phenoxy) is 1. The van der Waals surface area contributed by atoms with Crippen LogP contribution < -0.4 is 5.73 Å². The van der Waals surface area contributed by atoms with E-state index in [-0.39, 0.29) is 22.9 Å². The Morgan fingerprint density at radius 3 is 2.36 bits per heavy atom. The first-order valence-electron chi connectivity index (χ1n) is 3.41. The van der Waals surface area contributed by atoms with Crippen LogP contribution in [0, 0.1) is 0 Å². The summed E-state index contributed by atoms with van der Waals surface area (Å²) < 4.78 is 5.36. The summed E-state index contributed by atoms with van der Waals surface area (Å²) >= 11 is 3.19. The molecule has 11 heavy (non-hydrogen) atoms. The molecule has 1 unspecified atom stereocenters. The second-order valence-electron chi connectivity index (χ2n) is 3.31. The highest BCUT2D eigenvalue weighted by atomic mass is 79.9. The molecular formula is C7H14BrNO2. The molecule has 0 aliphatic heterocycles. The van der Waals surface area contributed by atoms with Gasteiger partial charge < -0.3 is 10.5 Å². The number of primary amides is 1. The minimum Gasteiger partial charge on any atom is -0.370 e. The number of carbonyl (C=O) groups excluding carboxylic acids is 1. The van der Waals surface area contributed by atoms with Crippen molar-refractivity contribution >= 4 is 21.8 Å². The zero-order valence-corrected chi connectivity index (χ0v) is 8.64. The van der Waals surface area contributed by atoms with E-state index >= 15 is 0 Å². The van der Waals surface area contributed by atoms with Crippen LogP contribution in [0.3, 0.4) is 0 Å². The lowest BCUT2D eigenvalue weighted by atomic mass is 10.2. The number of hydrogen-bond donors (Lipinski definition) is 1. The van der Waals surface area contributed by atoms with Crippen LogP contribution in [-0.4, -0.2) is 16.5 Å². The Morgan fingerprint density at radius 1 is 1.64 bits per heavy atom. The lowest BCUT2D eigenvalue weighted by Gasteiger charge is -2.22. The van der Waals surface area contributed by atoms with Gasteiger partial charge in [0.05, 0.1) is 12.0 Å². The van der Waals surface area contributed by atoms with E-state index < -0.39 is 0 Å². The van der Waals surface area contributed by atoms with Crippen molar-refractivity contribution in [2.75, 3.05) is 0 Å². The minimum atomic E-state index is -0.365. The highest BCUT2D eigenvalue weighted by Crippen LogP contribution is 2.16. The quantitative estimate of drug-likeness (QED) is 0.736. The highest BCUT2D eigenvalue weighted by Gasteiger charge is 2.17. The third kappa shape index (κ3) is 7.81. The summed E-state index contributed by atoms with van der Waals surface area (Å²) in [6, 6.07) is 0.